The standard InChI is InChI=1S/C12H11FN2OS2/c13-10-5-3-9(4-6-10)11(16)2-1-7-17-12-14-8-15-18-12/h3-6,8H,1-2,7H2. The van der Waals surface area contributed by atoms with E-state index < -0.39 is 0 Å². The lowest BCUT2D eigenvalue weighted by atomic mass is 10.1. The predicted molar refractivity (Wildman–Crippen MR) is 70.6 cm³/mol. The van der Waals surface area contributed by atoms with Gasteiger partial charge < -0.3 is 0 Å². The van der Waals surface area contributed by atoms with Crippen molar-refractivity contribution in [3.63, 3.8) is 0 Å². The van der Waals surface area contributed by atoms with E-state index in [1.54, 1.807) is 11.8 Å². The van der Waals surface area contributed by atoms with Crippen molar-refractivity contribution in [2.24, 2.45) is 0 Å². The number of rotatable bonds is 6. The minimum absolute atomic E-state index is 0.0489. The molecule has 0 radical (unpaired) electrons. The number of nitrogens with zero attached hydrogens (tertiary/aromatic N) is 2. The summed E-state index contributed by atoms with van der Waals surface area (Å²) in [6.45, 7) is 0. The number of hydrogen-bond acceptors (Lipinski definition) is 5. The first-order chi connectivity index (χ1) is 8.75. The van der Waals surface area contributed by atoms with E-state index in [2.05, 4.69) is 9.36 Å². The molecule has 0 amide bonds. The van der Waals surface area contributed by atoms with Gasteiger partial charge in [-0.05, 0) is 42.2 Å². The average Bonchev–Trinajstić information content (AvgIpc) is 2.88. The number of carbonyl (C=O) groups excluding carboxylic acids is 1. The largest absolute Gasteiger partial charge is 0.294 e. The van der Waals surface area contributed by atoms with Crippen LogP contribution in [0.3, 0.4) is 0 Å². The monoisotopic (exact) mass is 282 g/mol. The molecule has 0 saturated carbocycles. The van der Waals surface area contributed by atoms with Gasteiger partial charge in [-0.3, -0.25) is 4.79 Å². The van der Waals surface area contributed by atoms with Gasteiger partial charge in [0.2, 0.25) is 0 Å². The number of aromatic nitrogens is 2. The third kappa shape index (κ3) is 3.89. The SMILES string of the molecule is O=C(CCCSc1ncns1)c1ccc(F)cc1. The Morgan fingerprint density at radius 3 is 2.78 bits per heavy atom. The fraction of sp³-hybridized carbons (Fsp3) is 0.250. The minimum atomic E-state index is -0.321. The molecule has 6 heteroatoms. The Labute approximate surface area is 113 Å². The van der Waals surface area contributed by atoms with Crippen LogP contribution in [0.2, 0.25) is 0 Å². The molecule has 1 aromatic carbocycles. The van der Waals surface area contributed by atoms with Crippen molar-refractivity contribution < 1.29 is 9.18 Å². The fourth-order valence-electron chi connectivity index (χ4n) is 1.40. The van der Waals surface area contributed by atoms with E-state index in [4.69, 9.17) is 0 Å². The highest BCUT2D eigenvalue weighted by atomic mass is 32.2. The number of thioether (sulfide) groups is 1. The van der Waals surface area contributed by atoms with Crippen molar-refractivity contribution in [2.75, 3.05) is 5.75 Å². The van der Waals surface area contributed by atoms with Crippen molar-refractivity contribution in [3.8, 4) is 0 Å². The van der Waals surface area contributed by atoms with E-state index in [-0.39, 0.29) is 11.6 Å². The number of hydrogen-bond donors (Lipinski definition) is 0. The van der Waals surface area contributed by atoms with E-state index in [9.17, 15) is 9.18 Å². The summed E-state index contributed by atoms with van der Waals surface area (Å²) in [4.78, 5) is 15.8. The smallest absolute Gasteiger partial charge is 0.169 e. The molecule has 2 aromatic rings. The lowest BCUT2D eigenvalue weighted by molar-refractivity contribution is 0.0982. The maximum absolute atomic E-state index is 12.7. The summed E-state index contributed by atoms with van der Waals surface area (Å²) in [5.41, 5.74) is 0.567. The van der Waals surface area contributed by atoms with Gasteiger partial charge in [0.05, 0.1) is 0 Å². The Morgan fingerprint density at radius 1 is 1.33 bits per heavy atom. The van der Waals surface area contributed by atoms with Gasteiger partial charge >= 0.3 is 0 Å². The Morgan fingerprint density at radius 2 is 2.11 bits per heavy atom. The van der Waals surface area contributed by atoms with Crippen LogP contribution in [0.4, 0.5) is 4.39 Å². The van der Waals surface area contributed by atoms with Crippen molar-refractivity contribution >= 4 is 29.1 Å². The normalized spacial score (nSPS) is 10.5. The Bertz CT molecular complexity index is 499. The Hall–Kier alpha value is -1.27. The van der Waals surface area contributed by atoms with E-state index >= 15 is 0 Å². The molecule has 0 aliphatic heterocycles. The molecule has 0 unspecified atom stereocenters. The van der Waals surface area contributed by atoms with E-state index in [1.807, 2.05) is 0 Å². The quantitative estimate of drug-likeness (QED) is 0.462. The van der Waals surface area contributed by atoms with Gasteiger partial charge in [0.25, 0.3) is 0 Å². The minimum Gasteiger partial charge on any atom is -0.294 e. The second kappa shape index (κ2) is 6.61. The van der Waals surface area contributed by atoms with Gasteiger partial charge in [-0.2, -0.15) is 4.37 Å². The van der Waals surface area contributed by atoms with Crippen LogP contribution in [0.25, 0.3) is 0 Å². The van der Waals surface area contributed by atoms with Crippen LogP contribution >= 0.6 is 23.3 Å². The lowest BCUT2D eigenvalue weighted by Crippen LogP contribution is -1.99. The zero-order chi connectivity index (χ0) is 12.8. The molecule has 0 saturated heterocycles. The first kappa shape index (κ1) is 13.2. The van der Waals surface area contributed by atoms with Gasteiger partial charge in [-0.25, -0.2) is 9.37 Å². The molecule has 0 aliphatic carbocycles. The fourth-order valence-corrected chi connectivity index (χ4v) is 2.85. The van der Waals surface area contributed by atoms with Gasteiger partial charge in [0, 0.05) is 17.7 Å². The summed E-state index contributed by atoms with van der Waals surface area (Å²) in [6.07, 6.45) is 2.77. The second-order valence-electron chi connectivity index (χ2n) is 3.59. The van der Waals surface area contributed by atoms with Crippen LogP contribution < -0.4 is 0 Å². The molecule has 0 atom stereocenters. The summed E-state index contributed by atoms with van der Waals surface area (Å²) in [6, 6.07) is 5.66. The lowest BCUT2D eigenvalue weighted by Gasteiger charge is -2.00. The molecule has 1 heterocycles. The molecular formula is C12H11FN2OS2. The molecule has 0 aliphatic rings. The van der Waals surface area contributed by atoms with Gasteiger partial charge in [-0.15, -0.1) is 0 Å². The van der Waals surface area contributed by atoms with Crippen LogP contribution in [-0.4, -0.2) is 20.9 Å². The number of halogens is 1. The first-order valence-corrected chi connectivity index (χ1v) is 7.20. The topological polar surface area (TPSA) is 42.9 Å². The molecule has 0 bridgehead atoms. The van der Waals surface area contributed by atoms with Crippen LogP contribution in [0.5, 0.6) is 0 Å². The average molecular weight is 282 g/mol. The molecule has 3 nitrogen and oxygen atoms in total. The van der Waals surface area contributed by atoms with Crippen LogP contribution in [-0.2, 0) is 0 Å². The molecule has 0 fully saturated rings. The van der Waals surface area contributed by atoms with Gasteiger partial charge in [-0.1, -0.05) is 11.8 Å². The van der Waals surface area contributed by atoms with Crippen molar-refractivity contribution in [3.05, 3.63) is 42.0 Å². The number of Topliss-reactive ketones (excluding diaryl/α,β-unsaturated/α-hetero) is 1. The highest BCUT2D eigenvalue weighted by Gasteiger charge is 2.06. The summed E-state index contributed by atoms with van der Waals surface area (Å²) in [7, 11) is 0. The molecule has 0 spiro atoms. The first-order valence-electron chi connectivity index (χ1n) is 5.44. The summed E-state index contributed by atoms with van der Waals surface area (Å²) in [5.74, 6) is 0.563. The molecule has 0 N–H and O–H groups in total. The third-order valence-electron chi connectivity index (χ3n) is 2.28. The maximum Gasteiger partial charge on any atom is 0.169 e. The van der Waals surface area contributed by atoms with Crippen LogP contribution in [0, 0.1) is 5.82 Å². The van der Waals surface area contributed by atoms with E-state index in [0.29, 0.717) is 12.0 Å². The zero-order valence-electron chi connectivity index (χ0n) is 9.51. The van der Waals surface area contributed by atoms with Crippen molar-refractivity contribution in [2.45, 2.75) is 17.2 Å². The molecule has 2 rings (SSSR count). The number of carbonyl (C=O) groups is 1. The van der Waals surface area contributed by atoms with Gasteiger partial charge in [0.15, 0.2) is 10.1 Å². The summed E-state index contributed by atoms with van der Waals surface area (Å²) in [5, 5.41) is 0. The Kier molecular flexibility index (Phi) is 4.83. The second-order valence-corrected chi connectivity index (χ2v) is 5.71. The van der Waals surface area contributed by atoms with Crippen molar-refractivity contribution in [1.82, 2.24) is 9.36 Å². The predicted octanol–water partition coefficient (Wildman–Crippen LogP) is 3.43. The number of benzene rings is 1. The van der Waals surface area contributed by atoms with Gasteiger partial charge in [0.1, 0.15) is 12.1 Å². The summed E-state index contributed by atoms with van der Waals surface area (Å²) < 4.78 is 17.5. The highest BCUT2D eigenvalue weighted by molar-refractivity contribution is 8.00. The third-order valence-corrected chi connectivity index (χ3v) is 4.16. The highest BCUT2D eigenvalue weighted by Crippen LogP contribution is 2.20. The molecular weight excluding hydrogens is 271 g/mol. The van der Waals surface area contributed by atoms with E-state index in [1.165, 1.54) is 42.1 Å². The van der Waals surface area contributed by atoms with Crippen molar-refractivity contribution in [1.29, 1.82) is 0 Å². The maximum atomic E-state index is 12.7. The molecule has 18 heavy (non-hydrogen) atoms. The zero-order valence-corrected chi connectivity index (χ0v) is 11.1. The van der Waals surface area contributed by atoms with Crippen LogP contribution in [0.1, 0.15) is 23.2 Å². The Balaban J connectivity index is 1.73. The summed E-state index contributed by atoms with van der Waals surface area (Å²) >= 11 is 2.95. The molecule has 94 valence electrons. The molecule has 1 aromatic heterocycles. The van der Waals surface area contributed by atoms with Crippen LogP contribution in [0.15, 0.2) is 34.9 Å². The number of ketones is 1. The van der Waals surface area contributed by atoms with E-state index in [0.717, 1.165) is 16.5 Å².